The Hall–Kier alpha value is -0.240. The molecule has 1 rings (SSSR count). The van der Waals surface area contributed by atoms with Crippen LogP contribution in [0.25, 0.3) is 0 Å². The molecule has 0 atom stereocenters. The molecule has 0 saturated carbocycles. The van der Waals surface area contributed by atoms with E-state index < -0.39 is 0 Å². The first-order chi connectivity index (χ1) is 6.00. The van der Waals surface area contributed by atoms with Gasteiger partial charge in [-0.15, -0.1) is 11.2 Å². The van der Waals surface area contributed by atoms with E-state index in [0.717, 1.165) is 0 Å². The Morgan fingerprint density at radius 1 is 0.583 bits per heavy atom. The molecular weight excluding hydrogens is 164 g/mol. The van der Waals surface area contributed by atoms with Crippen molar-refractivity contribution >= 4 is 0 Å². The van der Waals surface area contributed by atoms with Crippen LogP contribution in [0.3, 0.4) is 0 Å². The van der Waals surface area contributed by atoms with Crippen molar-refractivity contribution < 1.29 is 19.1 Å². The maximum absolute atomic E-state index is 5.15. The molecule has 1 saturated heterocycles. The lowest BCUT2D eigenvalue weighted by atomic mass is 10.7. The monoisotopic (exact) mass is 178 g/mol. The SMILES string of the molecule is C1COCCONNOCCO1. The molecule has 0 aliphatic carbocycles. The summed E-state index contributed by atoms with van der Waals surface area (Å²) in [6.45, 7) is 3.20. The largest absolute Gasteiger partial charge is 0.377 e. The van der Waals surface area contributed by atoms with Crippen LogP contribution in [0.5, 0.6) is 0 Å². The highest BCUT2D eigenvalue weighted by Gasteiger charge is 1.93. The van der Waals surface area contributed by atoms with Gasteiger partial charge < -0.3 is 9.47 Å². The maximum Gasteiger partial charge on any atom is 0.0933 e. The molecule has 2 N–H and O–H groups in total. The van der Waals surface area contributed by atoms with Gasteiger partial charge in [0.05, 0.1) is 39.6 Å². The number of hydrogen-bond donors (Lipinski definition) is 2. The summed E-state index contributed by atoms with van der Waals surface area (Å²) in [5, 5.41) is 0. The van der Waals surface area contributed by atoms with Crippen molar-refractivity contribution in [3.05, 3.63) is 0 Å². The van der Waals surface area contributed by atoms with Gasteiger partial charge in [-0.2, -0.15) is 0 Å². The Balaban J connectivity index is 2.00. The predicted molar refractivity (Wildman–Crippen MR) is 39.8 cm³/mol. The van der Waals surface area contributed by atoms with E-state index in [-0.39, 0.29) is 0 Å². The van der Waals surface area contributed by atoms with Crippen LogP contribution in [0, 0.1) is 0 Å². The van der Waals surface area contributed by atoms with Gasteiger partial charge in [0.25, 0.3) is 0 Å². The molecule has 1 aliphatic heterocycles. The van der Waals surface area contributed by atoms with E-state index in [1.807, 2.05) is 0 Å². The smallest absolute Gasteiger partial charge is 0.0933 e. The first-order valence-electron chi connectivity index (χ1n) is 3.89. The summed E-state index contributed by atoms with van der Waals surface area (Å²) < 4.78 is 10.3. The molecule has 0 unspecified atom stereocenters. The van der Waals surface area contributed by atoms with E-state index in [1.54, 1.807) is 0 Å². The zero-order valence-corrected chi connectivity index (χ0v) is 6.88. The van der Waals surface area contributed by atoms with E-state index in [4.69, 9.17) is 19.1 Å². The summed E-state index contributed by atoms with van der Waals surface area (Å²) in [5.74, 6) is 0. The van der Waals surface area contributed by atoms with Gasteiger partial charge in [0, 0.05) is 0 Å². The summed E-state index contributed by atoms with van der Waals surface area (Å²) in [6.07, 6.45) is 0. The van der Waals surface area contributed by atoms with Gasteiger partial charge in [-0.05, 0) is 0 Å². The second-order valence-corrected chi connectivity index (χ2v) is 2.13. The van der Waals surface area contributed by atoms with Crippen molar-refractivity contribution in [2.24, 2.45) is 0 Å². The molecule has 0 spiro atoms. The zero-order chi connectivity index (χ0) is 8.49. The highest BCUT2D eigenvalue weighted by molar-refractivity contribution is 4.32. The minimum absolute atomic E-state index is 0.469. The average Bonchev–Trinajstić information content (AvgIpc) is 2.05. The third-order valence-corrected chi connectivity index (χ3v) is 1.22. The molecule has 1 heterocycles. The Bertz CT molecular complexity index is 60.5. The standard InChI is InChI=1S/C6H14N2O4/c1-2-10-4-6-12-8-7-11-5-3-9-1/h7-8H,1-6H2. The van der Waals surface area contributed by atoms with Gasteiger partial charge >= 0.3 is 0 Å². The highest BCUT2D eigenvalue weighted by atomic mass is 16.8. The molecule has 0 amide bonds. The summed E-state index contributed by atoms with van der Waals surface area (Å²) >= 11 is 0. The van der Waals surface area contributed by atoms with E-state index in [1.165, 1.54) is 0 Å². The van der Waals surface area contributed by atoms with Crippen LogP contribution < -0.4 is 11.2 Å². The Morgan fingerprint density at radius 3 is 1.50 bits per heavy atom. The third kappa shape index (κ3) is 5.42. The summed E-state index contributed by atoms with van der Waals surface area (Å²) in [4.78, 5) is 9.71. The fraction of sp³-hybridized carbons (Fsp3) is 1.00. The minimum Gasteiger partial charge on any atom is -0.377 e. The lowest BCUT2D eigenvalue weighted by Gasteiger charge is -2.10. The lowest BCUT2D eigenvalue weighted by Crippen LogP contribution is -2.34. The Morgan fingerprint density at radius 2 is 1.00 bits per heavy atom. The fourth-order valence-corrected chi connectivity index (χ4v) is 0.684. The van der Waals surface area contributed by atoms with Gasteiger partial charge in [-0.1, -0.05) is 0 Å². The predicted octanol–water partition coefficient (Wildman–Crippen LogP) is -1.01. The van der Waals surface area contributed by atoms with Gasteiger partial charge in [0.1, 0.15) is 0 Å². The number of ether oxygens (including phenoxy) is 2. The molecule has 6 nitrogen and oxygen atoms in total. The molecule has 6 heteroatoms. The quantitative estimate of drug-likeness (QED) is 0.495. The van der Waals surface area contributed by atoms with Crippen LogP contribution in [0.15, 0.2) is 0 Å². The highest BCUT2D eigenvalue weighted by Crippen LogP contribution is 1.81. The second kappa shape index (κ2) is 7.41. The lowest BCUT2D eigenvalue weighted by molar-refractivity contribution is -0.134. The van der Waals surface area contributed by atoms with Crippen LogP contribution in [-0.4, -0.2) is 39.6 Å². The van der Waals surface area contributed by atoms with E-state index in [0.29, 0.717) is 39.6 Å². The second-order valence-electron chi connectivity index (χ2n) is 2.13. The topological polar surface area (TPSA) is 61.0 Å². The molecule has 72 valence electrons. The number of hydrazine groups is 1. The fourth-order valence-electron chi connectivity index (χ4n) is 0.684. The molecule has 1 aliphatic rings. The molecular formula is C6H14N2O4. The van der Waals surface area contributed by atoms with Gasteiger partial charge in [0.15, 0.2) is 0 Å². The van der Waals surface area contributed by atoms with Gasteiger partial charge in [0.2, 0.25) is 0 Å². The molecule has 1 fully saturated rings. The number of rotatable bonds is 0. The Kier molecular flexibility index (Phi) is 6.08. The molecule has 0 radical (unpaired) electrons. The van der Waals surface area contributed by atoms with Gasteiger partial charge in [-0.25, -0.2) is 0 Å². The van der Waals surface area contributed by atoms with Crippen molar-refractivity contribution in [1.29, 1.82) is 0 Å². The third-order valence-electron chi connectivity index (χ3n) is 1.22. The Labute approximate surface area is 71.0 Å². The van der Waals surface area contributed by atoms with Crippen LogP contribution in [0.1, 0.15) is 0 Å². The van der Waals surface area contributed by atoms with Crippen LogP contribution in [0.2, 0.25) is 0 Å². The van der Waals surface area contributed by atoms with E-state index in [9.17, 15) is 0 Å². The van der Waals surface area contributed by atoms with Crippen molar-refractivity contribution in [3.63, 3.8) is 0 Å². The maximum atomic E-state index is 5.15. The van der Waals surface area contributed by atoms with Gasteiger partial charge in [-0.3, -0.25) is 9.68 Å². The minimum atomic E-state index is 0.469. The molecule has 0 aromatic heterocycles. The number of nitrogens with one attached hydrogen (secondary N) is 2. The van der Waals surface area contributed by atoms with E-state index >= 15 is 0 Å². The first kappa shape index (κ1) is 9.85. The van der Waals surface area contributed by atoms with Crippen molar-refractivity contribution in [3.8, 4) is 0 Å². The first-order valence-corrected chi connectivity index (χ1v) is 3.89. The summed E-state index contributed by atoms with van der Waals surface area (Å²) in [5.41, 5.74) is 4.79. The number of hydrogen-bond acceptors (Lipinski definition) is 6. The summed E-state index contributed by atoms with van der Waals surface area (Å²) in [7, 11) is 0. The van der Waals surface area contributed by atoms with E-state index in [2.05, 4.69) is 11.2 Å². The van der Waals surface area contributed by atoms with Crippen LogP contribution in [-0.2, 0) is 19.1 Å². The van der Waals surface area contributed by atoms with Crippen molar-refractivity contribution in [1.82, 2.24) is 11.2 Å². The van der Waals surface area contributed by atoms with Crippen LogP contribution >= 0.6 is 0 Å². The molecule has 12 heavy (non-hydrogen) atoms. The van der Waals surface area contributed by atoms with Crippen molar-refractivity contribution in [2.45, 2.75) is 0 Å². The van der Waals surface area contributed by atoms with Crippen LogP contribution in [0.4, 0.5) is 0 Å². The molecule has 0 aromatic carbocycles. The normalized spacial score (nSPS) is 24.0. The molecule has 0 aromatic rings. The summed E-state index contributed by atoms with van der Waals surface area (Å²) in [6, 6.07) is 0. The molecule has 0 bridgehead atoms. The zero-order valence-electron chi connectivity index (χ0n) is 6.88. The average molecular weight is 178 g/mol. The van der Waals surface area contributed by atoms with Crippen molar-refractivity contribution in [2.75, 3.05) is 39.6 Å².